The lowest BCUT2D eigenvalue weighted by Gasteiger charge is -2.20. The quantitative estimate of drug-likeness (QED) is 0.271. The molecule has 1 heterocycles. The number of rotatable bonds is 9. The minimum absolute atomic E-state index is 0. The molecule has 4 nitrogen and oxygen atoms in total. The van der Waals surface area contributed by atoms with Crippen molar-refractivity contribution in [1.29, 1.82) is 0 Å². The number of nitrogens with two attached hydrogens (primary N) is 1. The summed E-state index contributed by atoms with van der Waals surface area (Å²) in [6.07, 6.45) is 10.0. The van der Waals surface area contributed by atoms with E-state index in [1.54, 1.807) is 0 Å². The molecule has 1 saturated heterocycles. The zero-order chi connectivity index (χ0) is 14.0. The Balaban J connectivity index is 0.00000361. The number of hydrogen-bond acceptors (Lipinski definition) is 2. The molecular formula is C15H32IN3O. The maximum Gasteiger partial charge on any atom is 0.188 e. The van der Waals surface area contributed by atoms with Crippen molar-refractivity contribution >= 4 is 29.9 Å². The Bertz CT molecular complexity index is 266. The average Bonchev–Trinajstić information content (AvgIpc) is 2.83. The second kappa shape index (κ2) is 11.6. The van der Waals surface area contributed by atoms with E-state index in [1.807, 2.05) is 0 Å². The number of halogens is 1. The molecule has 1 fully saturated rings. The van der Waals surface area contributed by atoms with Gasteiger partial charge in [0, 0.05) is 13.2 Å². The molecule has 1 atom stereocenters. The van der Waals surface area contributed by atoms with E-state index in [2.05, 4.69) is 24.2 Å². The number of nitrogens with one attached hydrogen (secondary N) is 1. The van der Waals surface area contributed by atoms with E-state index >= 15 is 0 Å². The Labute approximate surface area is 141 Å². The van der Waals surface area contributed by atoms with Gasteiger partial charge in [-0.05, 0) is 26.2 Å². The van der Waals surface area contributed by atoms with Crippen LogP contribution in [0.5, 0.6) is 0 Å². The predicted molar refractivity (Wildman–Crippen MR) is 96.9 cm³/mol. The number of aliphatic imine (C=N–C) groups is 1. The molecule has 0 bridgehead atoms. The van der Waals surface area contributed by atoms with Crippen molar-refractivity contribution in [2.24, 2.45) is 10.7 Å². The predicted octanol–water partition coefficient (Wildman–Crippen LogP) is 3.44. The molecule has 0 aromatic carbocycles. The first-order valence-corrected chi connectivity index (χ1v) is 7.84. The van der Waals surface area contributed by atoms with Crippen LogP contribution < -0.4 is 11.1 Å². The van der Waals surface area contributed by atoms with Crippen LogP contribution in [0.1, 0.15) is 65.2 Å². The maximum atomic E-state index is 5.86. The lowest BCUT2D eigenvalue weighted by Crippen LogP contribution is -2.35. The third-order valence-corrected chi connectivity index (χ3v) is 3.72. The number of hydrogen-bond donors (Lipinski definition) is 2. The fourth-order valence-corrected chi connectivity index (χ4v) is 2.39. The topological polar surface area (TPSA) is 59.6 Å². The van der Waals surface area contributed by atoms with Crippen LogP contribution in [0.2, 0.25) is 0 Å². The summed E-state index contributed by atoms with van der Waals surface area (Å²) in [6.45, 7) is 6.82. The highest BCUT2D eigenvalue weighted by Gasteiger charge is 2.29. The summed E-state index contributed by atoms with van der Waals surface area (Å²) in [5.74, 6) is 0.560. The minimum Gasteiger partial charge on any atom is -0.373 e. The lowest BCUT2D eigenvalue weighted by atomic mass is 10.0. The van der Waals surface area contributed by atoms with Crippen molar-refractivity contribution in [2.45, 2.75) is 70.8 Å². The van der Waals surface area contributed by atoms with Gasteiger partial charge in [-0.25, -0.2) is 0 Å². The SMILES string of the molecule is CCCCCCCCNC(N)=NCC1(C)CCCO1.I. The molecule has 120 valence electrons. The summed E-state index contributed by atoms with van der Waals surface area (Å²) in [6, 6.07) is 0. The zero-order valence-electron chi connectivity index (χ0n) is 13.1. The minimum atomic E-state index is -0.0908. The first-order chi connectivity index (χ1) is 9.16. The van der Waals surface area contributed by atoms with E-state index in [4.69, 9.17) is 10.5 Å². The van der Waals surface area contributed by atoms with Gasteiger partial charge < -0.3 is 15.8 Å². The first-order valence-electron chi connectivity index (χ1n) is 7.84. The van der Waals surface area contributed by atoms with Crippen molar-refractivity contribution < 1.29 is 4.74 Å². The van der Waals surface area contributed by atoms with Crippen molar-refractivity contribution in [2.75, 3.05) is 19.7 Å². The molecule has 1 unspecified atom stereocenters. The molecule has 5 heteroatoms. The fourth-order valence-electron chi connectivity index (χ4n) is 2.39. The lowest BCUT2D eigenvalue weighted by molar-refractivity contribution is 0.0284. The average molecular weight is 397 g/mol. The van der Waals surface area contributed by atoms with Crippen LogP contribution in [-0.2, 0) is 4.74 Å². The van der Waals surface area contributed by atoms with Crippen molar-refractivity contribution in [3.63, 3.8) is 0 Å². The number of ether oxygens (including phenoxy) is 1. The second-order valence-electron chi connectivity index (χ2n) is 5.80. The second-order valence-corrected chi connectivity index (χ2v) is 5.80. The molecular weight excluding hydrogens is 365 g/mol. The standard InChI is InChI=1S/C15H31N3O.HI/c1-3-4-5-6-7-8-11-17-14(16)18-13-15(2)10-9-12-19-15;/h3-13H2,1-2H3,(H3,16,17,18);1H. The normalized spacial score (nSPS) is 22.6. The van der Waals surface area contributed by atoms with Gasteiger partial charge in [-0.15, -0.1) is 24.0 Å². The molecule has 20 heavy (non-hydrogen) atoms. The van der Waals surface area contributed by atoms with Crippen molar-refractivity contribution in [3.8, 4) is 0 Å². The van der Waals surface area contributed by atoms with Crippen molar-refractivity contribution in [1.82, 2.24) is 5.32 Å². The third-order valence-electron chi connectivity index (χ3n) is 3.72. The zero-order valence-corrected chi connectivity index (χ0v) is 15.4. The summed E-state index contributed by atoms with van der Waals surface area (Å²) in [5, 5.41) is 3.19. The molecule has 0 aromatic heterocycles. The van der Waals surface area contributed by atoms with Crippen LogP contribution in [0, 0.1) is 0 Å². The molecule has 0 aromatic rings. The van der Waals surface area contributed by atoms with Gasteiger partial charge in [0.25, 0.3) is 0 Å². The van der Waals surface area contributed by atoms with Crippen LogP contribution >= 0.6 is 24.0 Å². The highest BCUT2D eigenvalue weighted by Crippen LogP contribution is 2.24. The van der Waals surface area contributed by atoms with Crippen LogP contribution in [0.4, 0.5) is 0 Å². The van der Waals surface area contributed by atoms with E-state index in [-0.39, 0.29) is 29.6 Å². The molecule has 0 radical (unpaired) electrons. The maximum absolute atomic E-state index is 5.86. The first kappa shape index (κ1) is 20.0. The number of guanidine groups is 1. The Morgan fingerprint density at radius 3 is 2.60 bits per heavy atom. The smallest absolute Gasteiger partial charge is 0.188 e. The molecule has 3 N–H and O–H groups in total. The van der Waals surface area contributed by atoms with Crippen LogP contribution in [0.3, 0.4) is 0 Å². The van der Waals surface area contributed by atoms with E-state index < -0.39 is 0 Å². The van der Waals surface area contributed by atoms with E-state index in [0.29, 0.717) is 12.5 Å². The van der Waals surface area contributed by atoms with Gasteiger partial charge in [-0.2, -0.15) is 0 Å². The van der Waals surface area contributed by atoms with Gasteiger partial charge in [-0.3, -0.25) is 4.99 Å². The number of nitrogens with zero attached hydrogens (tertiary/aromatic N) is 1. The third kappa shape index (κ3) is 9.00. The Hall–Kier alpha value is -0.0400. The summed E-state index contributed by atoms with van der Waals surface area (Å²) >= 11 is 0. The summed E-state index contributed by atoms with van der Waals surface area (Å²) in [5.41, 5.74) is 5.77. The molecule has 0 saturated carbocycles. The van der Waals surface area contributed by atoms with Gasteiger partial charge in [0.05, 0.1) is 12.1 Å². The summed E-state index contributed by atoms with van der Waals surface area (Å²) < 4.78 is 5.68. The summed E-state index contributed by atoms with van der Waals surface area (Å²) in [4.78, 5) is 4.38. The monoisotopic (exact) mass is 397 g/mol. The highest BCUT2D eigenvalue weighted by atomic mass is 127. The molecule has 0 spiro atoms. The van der Waals surface area contributed by atoms with E-state index in [1.165, 1.54) is 38.5 Å². The molecule has 0 amide bonds. The fraction of sp³-hybridized carbons (Fsp3) is 0.933. The molecule has 0 aliphatic carbocycles. The van der Waals surface area contributed by atoms with E-state index in [0.717, 1.165) is 26.0 Å². The Kier molecular flexibility index (Phi) is 11.6. The van der Waals surface area contributed by atoms with Crippen LogP contribution in [0.25, 0.3) is 0 Å². The molecule has 1 aliphatic rings. The Morgan fingerprint density at radius 2 is 1.95 bits per heavy atom. The van der Waals surface area contributed by atoms with Gasteiger partial charge in [0.15, 0.2) is 5.96 Å². The Morgan fingerprint density at radius 1 is 1.25 bits per heavy atom. The largest absolute Gasteiger partial charge is 0.373 e. The van der Waals surface area contributed by atoms with Gasteiger partial charge in [0.1, 0.15) is 0 Å². The van der Waals surface area contributed by atoms with E-state index in [9.17, 15) is 0 Å². The van der Waals surface area contributed by atoms with Gasteiger partial charge in [-0.1, -0.05) is 39.0 Å². The van der Waals surface area contributed by atoms with Crippen LogP contribution in [-0.4, -0.2) is 31.3 Å². The van der Waals surface area contributed by atoms with Gasteiger partial charge in [0.2, 0.25) is 0 Å². The summed E-state index contributed by atoms with van der Waals surface area (Å²) in [7, 11) is 0. The molecule has 1 rings (SSSR count). The highest BCUT2D eigenvalue weighted by molar-refractivity contribution is 14.0. The number of unbranched alkanes of at least 4 members (excludes halogenated alkanes) is 5. The van der Waals surface area contributed by atoms with Crippen molar-refractivity contribution in [3.05, 3.63) is 0 Å². The molecule has 1 aliphatic heterocycles. The van der Waals surface area contributed by atoms with Crippen LogP contribution in [0.15, 0.2) is 4.99 Å². The van der Waals surface area contributed by atoms with Gasteiger partial charge >= 0.3 is 0 Å².